The number of piperidine rings is 2. The van der Waals surface area contributed by atoms with E-state index in [1.807, 2.05) is 18.2 Å². The first kappa shape index (κ1) is 25.4. The zero-order valence-corrected chi connectivity index (χ0v) is 21.7. The average molecular weight is 516 g/mol. The summed E-state index contributed by atoms with van der Waals surface area (Å²) in [7, 11) is 1.69. The van der Waals surface area contributed by atoms with Gasteiger partial charge < -0.3 is 9.64 Å². The van der Waals surface area contributed by atoms with Gasteiger partial charge >= 0.3 is 11.8 Å². The molecule has 5 rings (SSSR count). The van der Waals surface area contributed by atoms with Crippen LogP contribution in [0, 0.1) is 0 Å². The summed E-state index contributed by atoms with van der Waals surface area (Å²) in [5.74, 6) is -0.673. The Bertz CT molecular complexity index is 1300. The van der Waals surface area contributed by atoms with Crippen LogP contribution in [0.4, 0.5) is 9.18 Å². The number of carbonyl (C=O) groups excluding carboxylic acids is 3. The highest BCUT2D eigenvalue weighted by molar-refractivity contribution is 6.00. The number of alkyl halides is 1. The molecule has 0 aliphatic carbocycles. The SMILES string of the molecule is Cn1c(=O)n(C2CCC(=O)NC2=O)c2cccc(C3CN(C4CCN(C(=O)OC(C)(C)C)CC4F)C3)c21. The maximum Gasteiger partial charge on any atom is 0.410 e. The zero-order chi connectivity index (χ0) is 26.6. The number of amides is 3. The van der Waals surface area contributed by atoms with Gasteiger partial charge in [-0.1, -0.05) is 12.1 Å². The largest absolute Gasteiger partial charge is 0.444 e. The summed E-state index contributed by atoms with van der Waals surface area (Å²) >= 11 is 0. The Morgan fingerprint density at radius 2 is 1.84 bits per heavy atom. The lowest BCUT2D eigenvalue weighted by atomic mass is 9.86. The normalized spacial score (nSPS) is 25.8. The minimum atomic E-state index is -1.17. The summed E-state index contributed by atoms with van der Waals surface area (Å²) in [6.45, 7) is 7.13. The maximum absolute atomic E-state index is 15.1. The molecule has 0 spiro atoms. The molecule has 0 radical (unpaired) electrons. The van der Waals surface area contributed by atoms with Gasteiger partial charge in [-0.25, -0.2) is 14.0 Å². The highest BCUT2D eigenvalue weighted by atomic mass is 19.1. The number of para-hydroxylation sites is 1. The van der Waals surface area contributed by atoms with Crippen LogP contribution in [0.1, 0.15) is 57.6 Å². The van der Waals surface area contributed by atoms with Crippen LogP contribution in [-0.2, 0) is 21.4 Å². The summed E-state index contributed by atoms with van der Waals surface area (Å²) in [5, 5.41) is 2.33. The number of likely N-dealkylation sites (tertiary alicyclic amines) is 2. The summed E-state index contributed by atoms with van der Waals surface area (Å²) in [4.78, 5) is 53.2. The van der Waals surface area contributed by atoms with Crippen molar-refractivity contribution >= 4 is 28.9 Å². The molecule has 3 unspecified atom stereocenters. The van der Waals surface area contributed by atoms with E-state index in [4.69, 9.17) is 4.74 Å². The number of aromatic nitrogens is 2. The molecule has 4 heterocycles. The summed E-state index contributed by atoms with van der Waals surface area (Å²) in [5.41, 5.74) is 1.49. The Kier molecular flexibility index (Phi) is 6.37. The van der Waals surface area contributed by atoms with Crippen LogP contribution in [0.15, 0.2) is 23.0 Å². The molecule has 0 saturated carbocycles. The Hall–Kier alpha value is -3.21. The number of benzene rings is 1. The van der Waals surface area contributed by atoms with Gasteiger partial charge in [-0.3, -0.25) is 28.9 Å². The Labute approximate surface area is 214 Å². The second-order valence-electron chi connectivity index (χ2n) is 11.3. The fourth-order valence-electron chi connectivity index (χ4n) is 5.80. The third-order valence-corrected chi connectivity index (χ3v) is 7.63. The molecule has 1 N–H and O–H groups in total. The van der Waals surface area contributed by atoms with Crippen molar-refractivity contribution < 1.29 is 23.5 Å². The van der Waals surface area contributed by atoms with Gasteiger partial charge in [0.05, 0.1) is 17.6 Å². The molecule has 3 fully saturated rings. The molecule has 3 saturated heterocycles. The number of hydrogen-bond acceptors (Lipinski definition) is 6. The van der Waals surface area contributed by atoms with E-state index in [1.54, 1.807) is 32.4 Å². The van der Waals surface area contributed by atoms with Crippen molar-refractivity contribution in [2.75, 3.05) is 26.2 Å². The number of nitrogens with one attached hydrogen (secondary N) is 1. The van der Waals surface area contributed by atoms with E-state index in [0.29, 0.717) is 31.6 Å². The fraction of sp³-hybridized carbons (Fsp3) is 0.615. The quantitative estimate of drug-likeness (QED) is 0.628. The lowest BCUT2D eigenvalue weighted by Gasteiger charge is -2.48. The topological polar surface area (TPSA) is 106 Å². The number of imide groups is 1. The molecule has 0 bridgehead atoms. The van der Waals surface area contributed by atoms with Gasteiger partial charge in [0.2, 0.25) is 11.8 Å². The number of nitrogens with zero attached hydrogens (tertiary/aromatic N) is 4. The van der Waals surface area contributed by atoms with Crippen molar-refractivity contribution in [3.8, 4) is 0 Å². The van der Waals surface area contributed by atoms with E-state index in [2.05, 4.69) is 10.2 Å². The number of fused-ring (bicyclic) bond motifs is 1. The lowest BCUT2D eigenvalue weighted by molar-refractivity contribution is -0.135. The predicted octanol–water partition coefficient (Wildman–Crippen LogP) is 2.06. The zero-order valence-electron chi connectivity index (χ0n) is 21.7. The van der Waals surface area contributed by atoms with E-state index >= 15 is 4.39 Å². The smallest absolute Gasteiger partial charge is 0.410 e. The molecule has 1 aromatic heterocycles. The third-order valence-electron chi connectivity index (χ3n) is 7.63. The van der Waals surface area contributed by atoms with Crippen LogP contribution in [0.3, 0.4) is 0 Å². The first-order chi connectivity index (χ1) is 17.4. The highest BCUT2D eigenvalue weighted by Crippen LogP contribution is 2.36. The summed E-state index contributed by atoms with van der Waals surface area (Å²) in [6, 6.07) is 4.68. The molecule has 3 aliphatic heterocycles. The van der Waals surface area contributed by atoms with E-state index in [9.17, 15) is 19.2 Å². The molecule has 3 atom stereocenters. The van der Waals surface area contributed by atoms with Crippen LogP contribution < -0.4 is 11.0 Å². The van der Waals surface area contributed by atoms with Crippen molar-refractivity contribution in [3.05, 3.63) is 34.2 Å². The van der Waals surface area contributed by atoms with E-state index in [-0.39, 0.29) is 42.9 Å². The summed E-state index contributed by atoms with van der Waals surface area (Å²) in [6.07, 6.45) is -0.653. The van der Waals surface area contributed by atoms with Gasteiger partial charge in [0, 0.05) is 45.1 Å². The number of aryl methyl sites for hydroxylation is 1. The van der Waals surface area contributed by atoms with Crippen LogP contribution in [0.25, 0.3) is 11.0 Å². The van der Waals surface area contributed by atoms with Crippen LogP contribution in [0.2, 0.25) is 0 Å². The van der Waals surface area contributed by atoms with E-state index in [0.717, 1.165) is 11.1 Å². The maximum atomic E-state index is 15.1. The third kappa shape index (κ3) is 4.65. The summed E-state index contributed by atoms with van der Waals surface area (Å²) < 4.78 is 23.6. The molecular weight excluding hydrogens is 481 g/mol. The first-order valence-electron chi connectivity index (χ1n) is 12.8. The van der Waals surface area contributed by atoms with Gasteiger partial charge in [-0.15, -0.1) is 0 Å². The van der Waals surface area contributed by atoms with Crippen molar-refractivity contribution in [2.24, 2.45) is 7.05 Å². The first-order valence-corrected chi connectivity index (χ1v) is 12.8. The molecule has 200 valence electrons. The van der Waals surface area contributed by atoms with Crippen LogP contribution >= 0.6 is 0 Å². The highest BCUT2D eigenvalue weighted by Gasteiger charge is 2.42. The molecule has 1 aromatic carbocycles. The van der Waals surface area contributed by atoms with Crippen molar-refractivity contribution in [2.45, 2.75) is 69.8 Å². The minimum absolute atomic E-state index is 0.0135. The number of rotatable bonds is 3. The number of carbonyl (C=O) groups is 3. The molecule has 3 amide bonds. The van der Waals surface area contributed by atoms with Gasteiger partial charge in [0.25, 0.3) is 0 Å². The molecule has 3 aliphatic rings. The lowest BCUT2D eigenvalue weighted by Crippen LogP contribution is -2.60. The number of imidazole rings is 1. The Morgan fingerprint density at radius 3 is 2.49 bits per heavy atom. The van der Waals surface area contributed by atoms with Crippen molar-refractivity contribution in [1.29, 1.82) is 0 Å². The second kappa shape index (κ2) is 9.27. The van der Waals surface area contributed by atoms with Crippen LogP contribution in [0.5, 0.6) is 0 Å². The van der Waals surface area contributed by atoms with Crippen LogP contribution in [-0.4, -0.2) is 80.8 Å². The monoisotopic (exact) mass is 515 g/mol. The van der Waals surface area contributed by atoms with Gasteiger partial charge in [-0.2, -0.15) is 0 Å². The number of hydrogen-bond donors (Lipinski definition) is 1. The van der Waals surface area contributed by atoms with Gasteiger partial charge in [0.1, 0.15) is 17.8 Å². The van der Waals surface area contributed by atoms with E-state index < -0.39 is 29.8 Å². The molecular formula is C26H34FN5O5. The fourth-order valence-corrected chi connectivity index (χ4v) is 5.80. The van der Waals surface area contributed by atoms with Gasteiger partial charge in [0.15, 0.2) is 0 Å². The predicted molar refractivity (Wildman–Crippen MR) is 134 cm³/mol. The molecule has 37 heavy (non-hydrogen) atoms. The molecule has 10 nitrogen and oxygen atoms in total. The van der Waals surface area contributed by atoms with Crippen molar-refractivity contribution in [3.63, 3.8) is 0 Å². The van der Waals surface area contributed by atoms with E-state index in [1.165, 1.54) is 9.47 Å². The average Bonchev–Trinajstić information content (AvgIpc) is 3.03. The van der Waals surface area contributed by atoms with Crippen molar-refractivity contribution in [1.82, 2.24) is 24.3 Å². The Balaban J connectivity index is 1.30. The number of ether oxygens (including phenoxy) is 1. The molecule has 2 aromatic rings. The van der Waals surface area contributed by atoms with Gasteiger partial charge in [-0.05, 0) is 45.2 Å². The molecule has 11 heteroatoms. The standard InChI is InChI=1S/C26H34FN5O5/c1-26(2,3)37-25(36)30-11-10-18(17(27)14-30)31-12-15(13-31)16-6-5-7-19-22(16)29(4)24(35)32(19)20-8-9-21(33)28-23(20)34/h5-7,15,17-18,20H,8-14H2,1-4H3,(H,28,33,34). The minimum Gasteiger partial charge on any atom is -0.444 e. The Morgan fingerprint density at radius 1 is 1.11 bits per heavy atom. The second-order valence-corrected chi connectivity index (χ2v) is 11.3. The number of halogens is 1.